The molecule has 0 radical (unpaired) electrons. The van der Waals surface area contributed by atoms with Gasteiger partial charge >= 0.3 is 5.97 Å². The lowest BCUT2D eigenvalue weighted by molar-refractivity contribution is -0.145. The zero-order valence-electron chi connectivity index (χ0n) is 14.4. The maximum Gasteiger partial charge on any atom is 0.323 e. The summed E-state index contributed by atoms with van der Waals surface area (Å²) < 4.78 is 0. The van der Waals surface area contributed by atoms with Crippen molar-refractivity contribution in [3.8, 4) is 0 Å². The summed E-state index contributed by atoms with van der Waals surface area (Å²) in [5, 5.41) is 9.16. The normalized spacial score (nSPS) is 18.6. The van der Waals surface area contributed by atoms with Gasteiger partial charge in [0.25, 0.3) is 0 Å². The highest BCUT2D eigenvalue weighted by molar-refractivity contribution is 5.86. The van der Waals surface area contributed by atoms with Crippen molar-refractivity contribution in [2.24, 2.45) is 5.92 Å². The van der Waals surface area contributed by atoms with Crippen LogP contribution >= 0.6 is 0 Å². The molecular weight excluding hydrogens is 314 g/mol. The van der Waals surface area contributed by atoms with E-state index in [9.17, 15) is 9.59 Å². The molecule has 0 heterocycles. The van der Waals surface area contributed by atoms with E-state index >= 15 is 0 Å². The summed E-state index contributed by atoms with van der Waals surface area (Å²) in [4.78, 5) is 25.5. The van der Waals surface area contributed by atoms with Crippen LogP contribution in [0.5, 0.6) is 0 Å². The Balaban J connectivity index is 1.65. The summed E-state index contributed by atoms with van der Waals surface area (Å²) >= 11 is 0. The first-order chi connectivity index (χ1) is 12.0. The third-order valence-electron chi connectivity index (χ3n) is 4.73. The molecule has 2 aromatic carbocycles. The maximum atomic E-state index is 12.8. The molecule has 25 heavy (non-hydrogen) atoms. The number of carbonyl (C=O) groups is 2. The molecule has 0 aliphatic heterocycles. The van der Waals surface area contributed by atoms with Crippen molar-refractivity contribution >= 4 is 11.9 Å². The minimum Gasteiger partial charge on any atom is -0.480 e. The molecular formula is C21H23NO3. The van der Waals surface area contributed by atoms with E-state index in [1.165, 1.54) is 16.0 Å². The van der Waals surface area contributed by atoms with Crippen molar-refractivity contribution < 1.29 is 14.7 Å². The summed E-state index contributed by atoms with van der Waals surface area (Å²) in [5.41, 5.74) is 3.47. The van der Waals surface area contributed by atoms with Crippen molar-refractivity contribution in [3.63, 3.8) is 0 Å². The van der Waals surface area contributed by atoms with E-state index in [1.807, 2.05) is 49.4 Å². The number of aliphatic carboxylic acids is 1. The fourth-order valence-corrected chi connectivity index (χ4v) is 3.31. The van der Waals surface area contributed by atoms with E-state index in [4.69, 9.17) is 5.11 Å². The number of carbonyl (C=O) groups excluding carboxylic acids is 1. The molecule has 1 aliphatic rings. The summed E-state index contributed by atoms with van der Waals surface area (Å²) in [6.07, 6.45) is 1.48. The van der Waals surface area contributed by atoms with E-state index < -0.39 is 5.97 Å². The fraction of sp³-hybridized carbons (Fsp3) is 0.333. The van der Waals surface area contributed by atoms with Crippen molar-refractivity contribution in [1.29, 1.82) is 0 Å². The molecule has 1 N–H and O–H groups in total. The molecule has 2 aromatic rings. The summed E-state index contributed by atoms with van der Waals surface area (Å²) in [7, 11) is 0. The highest BCUT2D eigenvalue weighted by Gasteiger charge is 2.45. The van der Waals surface area contributed by atoms with Gasteiger partial charge in [0.2, 0.25) is 5.91 Å². The van der Waals surface area contributed by atoms with Gasteiger partial charge in [0, 0.05) is 12.5 Å². The van der Waals surface area contributed by atoms with Gasteiger partial charge in [-0.25, -0.2) is 0 Å². The van der Waals surface area contributed by atoms with Crippen molar-refractivity contribution in [3.05, 3.63) is 71.3 Å². The van der Waals surface area contributed by atoms with E-state index in [0.717, 1.165) is 12.0 Å². The molecule has 130 valence electrons. The number of hydrogen-bond donors (Lipinski definition) is 1. The Hall–Kier alpha value is -2.62. The van der Waals surface area contributed by atoms with Crippen LogP contribution < -0.4 is 0 Å². The number of carboxylic acids is 1. The SMILES string of the molecule is Cc1cccc([C@@H]2C[C@H]2C(=O)N(CCc2ccccc2)CC(=O)O)c1. The van der Waals surface area contributed by atoms with Gasteiger partial charge in [-0.3, -0.25) is 9.59 Å². The second-order valence-corrected chi connectivity index (χ2v) is 6.75. The Labute approximate surface area is 148 Å². The van der Waals surface area contributed by atoms with Crippen LogP contribution in [0.4, 0.5) is 0 Å². The first-order valence-electron chi connectivity index (χ1n) is 8.65. The zero-order chi connectivity index (χ0) is 17.8. The van der Waals surface area contributed by atoms with E-state index in [1.54, 1.807) is 0 Å². The molecule has 1 saturated carbocycles. The molecule has 3 rings (SSSR count). The minimum absolute atomic E-state index is 0.0372. The number of amides is 1. The summed E-state index contributed by atoms with van der Waals surface area (Å²) in [6.45, 7) is 2.24. The number of carboxylic acid groups (broad SMARTS) is 1. The third-order valence-corrected chi connectivity index (χ3v) is 4.73. The quantitative estimate of drug-likeness (QED) is 0.844. The number of rotatable bonds is 7. The summed E-state index contributed by atoms with van der Waals surface area (Å²) in [6, 6.07) is 18.1. The highest BCUT2D eigenvalue weighted by atomic mass is 16.4. The van der Waals surface area contributed by atoms with Crippen molar-refractivity contribution in [2.45, 2.75) is 25.7 Å². The molecule has 0 saturated heterocycles. The topological polar surface area (TPSA) is 57.6 Å². The Morgan fingerprint density at radius 3 is 2.56 bits per heavy atom. The fourth-order valence-electron chi connectivity index (χ4n) is 3.31. The number of nitrogens with zero attached hydrogens (tertiary/aromatic N) is 1. The molecule has 1 aliphatic carbocycles. The maximum absolute atomic E-state index is 12.8. The van der Waals surface area contributed by atoms with Crippen LogP contribution in [0.15, 0.2) is 54.6 Å². The number of aryl methyl sites for hydroxylation is 1. The molecule has 1 amide bonds. The van der Waals surface area contributed by atoms with Gasteiger partial charge in [0.15, 0.2) is 0 Å². The van der Waals surface area contributed by atoms with Gasteiger partial charge < -0.3 is 10.0 Å². The van der Waals surface area contributed by atoms with Crippen LogP contribution in [0.2, 0.25) is 0 Å². The monoisotopic (exact) mass is 337 g/mol. The largest absolute Gasteiger partial charge is 0.480 e. The van der Waals surface area contributed by atoms with Gasteiger partial charge in [-0.1, -0.05) is 60.2 Å². The van der Waals surface area contributed by atoms with Crippen LogP contribution in [0.25, 0.3) is 0 Å². The molecule has 1 fully saturated rings. The zero-order valence-corrected chi connectivity index (χ0v) is 14.4. The van der Waals surface area contributed by atoms with Crippen LogP contribution in [-0.2, 0) is 16.0 Å². The molecule has 0 aromatic heterocycles. The smallest absolute Gasteiger partial charge is 0.323 e. The van der Waals surface area contributed by atoms with Crippen molar-refractivity contribution in [2.75, 3.05) is 13.1 Å². The molecule has 4 heteroatoms. The van der Waals surface area contributed by atoms with Gasteiger partial charge in [-0.2, -0.15) is 0 Å². The van der Waals surface area contributed by atoms with Crippen molar-refractivity contribution in [1.82, 2.24) is 4.90 Å². The van der Waals surface area contributed by atoms with E-state index in [-0.39, 0.29) is 24.3 Å². The van der Waals surface area contributed by atoms with Gasteiger partial charge in [-0.05, 0) is 36.8 Å². The first kappa shape index (κ1) is 17.2. The predicted octanol–water partition coefficient (Wildman–Crippen LogP) is 3.25. The summed E-state index contributed by atoms with van der Waals surface area (Å²) in [5.74, 6) is -0.864. The molecule has 2 atom stereocenters. The predicted molar refractivity (Wildman–Crippen MR) is 96.4 cm³/mol. The Bertz CT molecular complexity index is 757. The van der Waals surface area contributed by atoms with Crippen LogP contribution in [0.3, 0.4) is 0 Å². The standard InChI is InChI=1S/C21H23NO3/c1-15-6-5-9-17(12-15)18-13-19(18)21(25)22(14-20(23)24)11-10-16-7-3-2-4-8-16/h2-9,12,18-19H,10-11,13-14H2,1H3,(H,23,24)/t18-,19+/m0/s1. The van der Waals surface area contributed by atoms with Crippen LogP contribution in [0.1, 0.15) is 29.0 Å². The molecule has 0 spiro atoms. The Morgan fingerprint density at radius 1 is 1.12 bits per heavy atom. The second kappa shape index (κ2) is 7.51. The second-order valence-electron chi connectivity index (χ2n) is 6.75. The Kier molecular flexibility index (Phi) is 5.17. The lowest BCUT2D eigenvalue weighted by Crippen LogP contribution is -2.38. The Morgan fingerprint density at radius 2 is 1.88 bits per heavy atom. The lowest BCUT2D eigenvalue weighted by Gasteiger charge is -2.21. The molecule has 0 unspecified atom stereocenters. The third kappa shape index (κ3) is 4.47. The lowest BCUT2D eigenvalue weighted by atomic mass is 10.1. The average Bonchev–Trinajstić information content (AvgIpc) is 3.39. The first-order valence-corrected chi connectivity index (χ1v) is 8.65. The van der Waals surface area contributed by atoms with Gasteiger partial charge in [0.05, 0.1) is 0 Å². The number of hydrogen-bond acceptors (Lipinski definition) is 2. The van der Waals surface area contributed by atoms with E-state index in [2.05, 4.69) is 12.1 Å². The number of benzene rings is 2. The average molecular weight is 337 g/mol. The van der Waals surface area contributed by atoms with Crippen LogP contribution in [0, 0.1) is 12.8 Å². The van der Waals surface area contributed by atoms with Gasteiger partial charge in [0.1, 0.15) is 6.54 Å². The minimum atomic E-state index is -0.964. The van der Waals surface area contributed by atoms with Crippen LogP contribution in [-0.4, -0.2) is 35.0 Å². The van der Waals surface area contributed by atoms with E-state index in [0.29, 0.717) is 13.0 Å². The molecule has 4 nitrogen and oxygen atoms in total. The van der Waals surface area contributed by atoms with Gasteiger partial charge in [-0.15, -0.1) is 0 Å². The molecule has 0 bridgehead atoms. The highest BCUT2D eigenvalue weighted by Crippen LogP contribution is 2.48.